The Labute approximate surface area is 79.2 Å². The van der Waals surface area contributed by atoms with Crippen LogP contribution in [0.15, 0.2) is 12.7 Å². The molecule has 3 nitrogen and oxygen atoms in total. The van der Waals surface area contributed by atoms with Crippen molar-refractivity contribution in [2.24, 2.45) is 5.92 Å². The third-order valence-electron chi connectivity index (χ3n) is 2.47. The van der Waals surface area contributed by atoms with E-state index in [0.717, 1.165) is 19.4 Å². The minimum absolute atomic E-state index is 0.0956. The van der Waals surface area contributed by atoms with Crippen molar-refractivity contribution in [3.8, 4) is 0 Å². The lowest BCUT2D eigenvalue weighted by Crippen LogP contribution is -2.31. The highest BCUT2D eigenvalue weighted by Gasteiger charge is 2.26. The highest BCUT2D eigenvalue weighted by atomic mass is 16.5. The lowest BCUT2D eigenvalue weighted by Gasteiger charge is -2.16. The molecule has 0 aromatic heterocycles. The maximum atomic E-state index is 10.9. The molecule has 0 spiro atoms. The van der Waals surface area contributed by atoms with Crippen molar-refractivity contribution in [2.75, 3.05) is 13.2 Å². The first-order valence-corrected chi connectivity index (χ1v) is 4.79. The molecule has 1 saturated heterocycles. The van der Waals surface area contributed by atoms with Crippen LogP contribution in [0.5, 0.6) is 0 Å². The molecule has 0 bridgehead atoms. The lowest BCUT2D eigenvalue weighted by molar-refractivity contribution is -0.116. The van der Waals surface area contributed by atoms with Crippen molar-refractivity contribution >= 4 is 5.91 Å². The standard InChI is InChI=1S/C10H17NO2/c1-3-9-8(5-6-13-9)7-11-10(12)4-2/h4,8-9H,2-3,5-7H2,1H3,(H,11,12). The Hall–Kier alpha value is -0.830. The average Bonchev–Trinajstić information content (AvgIpc) is 2.61. The first-order valence-electron chi connectivity index (χ1n) is 4.79. The van der Waals surface area contributed by atoms with Gasteiger partial charge in [0.25, 0.3) is 0 Å². The van der Waals surface area contributed by atoms with Crippen LogP contribution in [-0.4, -0.2) is 25.2 Å². The number of hydrogen-bond donors (Lipinski definition) is 1. The maximum Gasteiger partial charge on any atom is 0.243 e. The van der Waals surface area contributed by atoms with Crippen molar-refractivity contribution in [2.45, 2.75) is 25.9 Å². The number of ether oxygens (including phenoxy) is 1. The zero-order chi connectivity index (χ0) is 9.68. The van der Waals surface area contributed by atoms with Gasteiger partial charge in [-0.15, -0.1) is 0 Å². The Morgan fingerprint density at radius 3 is 3.15 bits per heavy atom. The van der Waals surface area contributed by atoms with Gasteiger partial charge in [-0.1, -0.05) is 13.5 Å². The SMILES string of the molecule is C=CC(=O)NCC1CCOC1CC. The molecule has 3 heteroatoms. The Balaban J connectivity index is 2.27. The van der Waals surface area contributed by atoms with E-state index in [0.29, 0.717) is 18.6 Å². The Kier molecular flexibility index (Phi) is 3.96. The molecule has 1 rings (SSSR count). The predicted octanol–water partition coefficient (Wildman–Crippen LogP) is 1.10. The lowest BCUT2D eigenvalue weighted by atomic mass is 10.00. The van der Waals surface area contributed by atoms with Crippen LogP contribution in [0, 0.1) is 5.92 Å². The zero-order valence-corrected chi connectivity index (χ0v) is 8.08. The number of hydrogen-bond acceptors (Lipinski definition) is 2. The second-order valence-corrected chi connectivity index (χ2v) is 3.32. The molecule has 2 atom stereocenters. The molecule has 1 aliphatic heterocycles. The highest BCUT2D eigenvalue weighted by molar-refractivity contribution is 5.86. The summed E-state index contributed by atoms with van der Waals surface area (Å²) in [5, 5.41) is 2.80. The van der Waals surface area contributed by atoms with E-state index >= 15 is 0 Å². The minimum atomic E-state index is -0.0956. The fourth-order valence-electron chi connectivity index (χ4n) is 1.68. The van der Waals surface area contributed by atoms with E-state index in [1.807, 2.05) is 0 Å². The molecule has 1 amide bonds. The molecule has 1 fully saturated rings. The highest BCUT2D eigenvalue weighted by Crippen LogP contribution is 2.22. The summed E-state index contributed by atoms with van der Waals surface area (Å²) < 4.78 is 5.50. The molecule has 0 aromatic rings. The monoisotopic (exact) mass is 183 g/mol. The van der Waals surface area contributed by atoms with Crippen LogP contribution < -0.4 is 5.32 Å². The van der Waals surface area contributed by atoms with Gasteiger partial charge in [0, 0.05) is 19.1 Å². The van der Waals surface area contributed by atoms with E-state index in [-0.39, 0.29) is 5.91 Å². The van der Waals surface area contributed by atoms with Crippen LogP contribution >= 0.6 is 0 Å². The van der Waals surface area contributed by atoms with Crippen molar-refractivity contribution < 1.29 is 9.53 Å². The minimum Gasteiger partial charge on any atom is -0.378 e. The molecule has 0 aliphatic carbocycles. The van der Waals surface area contributed by atoms with E-state index in [2.05, 4.69) is 18.8 Å². The summed E-state index contributed by atoms with van der Waals surface area (Å²) >= 11 is 0. The zero-order valence-electron chi connectivity index (χ0n) is 8.08. The normalized spacial score (nSPS) is 27.2. The summed E-state index contributed by atoms with van der Waals surface area (Å²) in [5.41, 5.74) is 0. The van der Waals surface area contributed by atoms with Gasteiger partial charge in [-0.2, -0.15) is 0 Å². The molecule has 0 aromatic carbocycles. The van der Waals surface area contributed by atoms with Crippen LogP contribution in [0.4, 0.5) is 0 Å². The number of carbonyl (C=O) groups is 1. The van der Waals surface area contributed by atoms with Crippen LogP contribution in [0.1, 0.15) is 19.8 Å². The maximum absolute atomic E-state index is 10.9. The van der Waals surface area contributed by atoms with Gasteiger partial charge in [-0.3, -0.25) is 4.79 Å². The largest absolute Gasteiger partial charge is 0.378 e. The Morgan fingerprint density at radius 1 is 1.77 bits per heavy atom. The van der Waals surface area contributed by atoms with Crippen molar-refractivity contribution in [3.63, 3.8) is 0 Å². The molecule has 74 valence electrons. The fraction of sp³-hybridized carbons (Fsp3) is 0.700. The van der Waals surface area contributed by atoms with Gasteiger partial charge in [0.15, 0.2) is 0 Å². The Morgan fingerprint density at radius 2 is 2.54 bits per heavy atom. The first-order chi connectivity index (χ1) is 6.27. The quantitative estimate of drug-likeness (QED) is 0.663. The average molecular weight is 183 g/mol. The summed E-state index contributed by atoms with van der Waals surface area (Å²) in [6.07, 6.45) is 3.70. The third kappa shape index (κ3) is 2.84. The summed E-state index contributed by atoms with van der Waals surface area (Å²) in [6.45, 7) is 7.05. The third-order valence-corrected chi connectivity index (χ3v) is 2.47. The first kappa shape index (κ1) is 10.3. The van der Waals surface area contributed by atoms with Crippen molar-refractivity contribution in [1.82, 2.24) is 5.32 Å². The molecular formula is C10H17NO2. The molecule has 0 radical (unpaired) electrons. The van der Waals surface area contributed by atoms with Gasteiger partial charge in [0.2, 0.25) is 5.91 Å². The molecule has 2 unspecified atom stereocenters. The number of carbonyl (C=O) groups excluding carboxylic acids is 1. The van der Waals surface area contributed by atoms with Crippen molar-refractivity contribution in [1.29, 1.82) is 0 Å². The van der Waals surface area contributed by atoms with Gasteiger partial charge in [0.05, 0.1) is 6.10 Å². The molecule has 0 saturated carbocycles. The fourth-order valence-corrected chi connectivity index (χ4v) is 1.68. The predicted molar refractivity (Wildman–Crippen MR) is 51.3 cm³/mol. The molecule has 1 N–H and O–H groups in total. The number of rotatable bonds is 4. The molecule has 13 heavy (non-hydrogen) atoms. The number of amides is 1. The summed E-state index contributed by atoms with van der Waals surface area (Å²) in [7, 11) is 0. The van der Waals surface area contributed by atoms with Crippen LogP contribution in [0.2, 0.25) is 0 Å². The number of nitrogens with one attached hydrogen (secondary N) is 1. The van der Waals surface area contributed by atoms with E-state index in [1.54, 1.807) is 0 Å². The second-order valence-electron chi connectivity index (χ2n) is 3.32. The van der Waals surface area contributed by atoms with E-state index in [1.165, 1.54) is 6.08 Å². The van der Waals surface area contributed by atoms with Crippen molar-refractivity contribution in [3.05, 3.63) is 12.7 Å². The van der Waals surface area contributed by atoms with Gasteiger partial charge >= 0.3 is 0 Å². The van der Waals surface area contributed by atoms with E-state index in [9.17, 15) is 4.79 Å². The van der Waals surface area contributed by atoms with Gasteiger partial charge < -0.3 is 10.1 Å². The smallest absolute Gasteiger partial charge is 0.243 e. The molecule has 1 aliphatic rings. The molecular weight excluding hydrogens is 166 g/mol. The summed E-state index contributed by atoms with van der Waals surface area (Å²) in [5.74, 6) is 0.385. The van der Waals surface area contributed by atoms with Crippen LogP contribution in [0.3, 0.4) is 0 Å². The second kappa shape index (κ2) is 5.02. The van der Waals surface area contributed by atoms with Gasteiger partial charge in [0.1, 0.15) is 0 Å². The van der Waals surface area contributed by atoms with Crippen LogP contribution in [-0.2, 0) is 9.53 Å². The summed E-state index contributed by atoms with van der Waals surface area (Å²) in [4.78, 5) is 10.9. The molecule has 1 heterocycles. The topological polar surface area (TPSA) is 38.3 Å². The van der Waals surface area contributed by atoms with Gasteiger partial charge in [-0.25, -0.2) is 0 Å². The van der Waals surface area contributed by atoms with Gasteiger partial charge in [-0.05, 0) is 18.9 Å². The summed E-state index contributed by atoms with van der Waals surface area (Å²) in [6, 6.07) is 0. The Bertz CT molecular complexity index is 191. The van der Waals surface area contributed by atoms with Crippen LogP contribution in [0.25, 0.3) is 0 Å². The van der Waals surface area contributed by atoms with E-state index in [4.69, 9.17) is 4.74 Å². The van der Waals surface area contributed by atoms with E-state index < -0.39 is 0 Å².